The van der Waals surface area contributed by atoms with Crippen LogP contribution < -0.4 is 10.2 Å². The summed E-state index contributed by atoms with van der Waals surface area (Å²) in [4.78, 5) is 26.0. The Morgan fingerprint density at radius 1 is 1.08 bits per heavy atom. The molecule has 0 radical (unpaired) electrons. The SMILES string of the molecule is CC(=O)N(CCC(=O)NC(C)c1ccccc1)c1ccc(C)cc1C. The van der Waals surface area contributed by atoms with Crippen molar-refractivity contribution in [3.8, 4) is 0 Å². The van der Waals surface area contributed by atoms with E-state index in [0.717, 1.165) is 22.4 Å². The van der Waals surface area contributed by atoms with Crippen LogP contribution in [0.2, 0.25) is 0 Å². The third kappa shape index (κ3) is 5.18. The van der Waals surface area contributed by atoms with Crippen LogP contribution >= 0.6 is 0 Å². The van der Waals surface area contributed by atoms with Crippen molar-refractivity contribution in [2.24, 2.45) is 0 Å². The summed E-state index contributed by atoms with van der Waals surface area (Å²) in [7, 11) is 0. The number of aryl methyl sites for hydroxylation is 2. The highest BCUT2D eigenvalue weighted by Gasteiger charge is 2.16. The van der Waals surface area contributed by atoms with E-state index in [1.807, 2.05) is 69.3 Å². The van der Waals surface area contributed by atoms with Crippen LogP contribution in [0.25, 0.3) is 0 Å². The van der Waals surface area contributed by atoms with Crippen LogP contribution in [0.4, 0.5) is 5.69 Å². The standard InChI is InChI=1S/C21H26N2O2/c1-15-10-11-20(16(2)14-15)23(18(4)24)13-12-21(25)22-17(3)19-8-6-5-7-9-19/h5-11,14,17H,12-13H2,1-4H3,(H,22,25). The van der Waals surface area contributed by atoms with Gasteiger partial charge in [0.2, 0.25) is 11.8 Å². The average molecular weight is 338 g/mol. The van der Waals surface area contributed by atoms with Gasteiger partial charge in [-0.05, 0) is 38.0 Å². The Morgan fingerprint density at radius 2 is 1.76 bits per heavy atom. The predicted molar refractivity (Wildman–Crippen MR) is 102 cm³/mol. The molecule has 2 aromatic rings. The van der Waals surface area contributed by atoms with E-state index in [1.165, 1.54) is 6.92 Å². The molecule has 4 nitrogen and oxygen atoms in total. The molecular formula is C21H26N2O2. The molecular weight excluding hydrogens is 312 g/mol. The average Bonchev–Trinajstić information content (AvgIpc) is 2.57. The number of rotatable bonds is 6. The molecule has 0 aromatic heterocycles. The maximum atomic E-state index is 12.3. The van der Waals surface area contributed by atoms with Crippen LogP contribution in [0.1, 0.15) is 43.0 Å². The first-order chi connectivity index (χ1) is 11.9. The number of amides is 2. The topological polar surface area (TPSA) is 49.4 Å². The van der Waals surface area contributed by atoms with Crippen molar-refractivity contribution in [1.29, 1.82) is 0 Å². The lowest BCUT2D eigenvalue weighted by molar-refractivity contribution is -0.121. The van der Waals surface area contributed by atoms with Crippen molar-refractivity contribution in [2.45, 2.75) is 40.2 Å². The number of hydrogen-bond donors (Lipinski definition) is 1. The van der Waals surface area contributed by atoms with E-state index in [0.29, 0.717) is 6.54 Å². The zero-order chi connectivity index (χ0) is 18.4. The van der Waals surface area contributed by atoms with E-state index in [1.54, 1.807) is 4.90 Å². The smallest absolute Gasteiger partial charge is 0.223 e. The summed E-state index contributed by atoms with van der Waals surface area (Å²) in [5.41, 5.74) is 4.11. The van der Waals surface area contributed by atoms with Crippen molar-refractivity contribution in [1.82, 2.24) is 5.32 Å². The highest BCUT2D eigenvalue weighted by atomic mass is 16.2. The van der Waals surface area contributed by atoms with Gasteiger partial charge in [-0.15, -0.1) is 0 Å². The minimum Gasteiger partial charge on any atom is -0.350 e. The van der Waals surface area contributed by atoms with Gasteiger partial charge in [0.15, 0.2) is 0 Å². The van der Waals surface area contributed by atoms with Crippen LogP contribution in [-0.2, 0) is 9.59 Å². The molecule has 2 aromatic carbocycles. The molecule has 0 saturated heterocycles. The van der Waals surface area contributed by atoms with Gasteiger partial charge in [-0.3, -0.25) is 9.59 Å². The van der Waals surface area contributed by atoms with E-state index >= 15 is 0 Å². The molecule has 0 heterocycles. The van der Waals surface area contributed by atoms with Gasteiger partial charge >= 0.3 is 0 Å². The van der Waals surface area contributed by atoms with Gasteiger partial charge in [-0.2, -0.15) is 0 Å². The second-order valence-electron chi connectivity index (χ2n) is 6.41. The normalized spacial score (nSPS) is 11.7. The monoisotopic (exact) mass is 338 g/mol. The summed E-state index contributed by atoms with van der Waals surface area (Å²) in [6, 6.07) is 15.7. The molecule has 1 N–H and O–H groups in total. The van der Waals surface area contributed by atoms with Crippen LogP contribution in [0.3, 0.4) is 0 Å². The molecule has 132 valence electrons. The largest absolute Gasteiger partial charge is 0.350 e. The fourth-order valence-electron chi connectivity index (χ4n) is 2.91. The molecule has 2 amide bonds. The summed E-state index contributed by atoms with van der Waals surface area (Å²) in [5.74, 6) is -0.122. The van der Waals surface area contributed by atoms with Crippen LogP contribution in [0.15, 0.2) is 48.5 Å². The fraction of sp³-hybridized carbons (Fsp3) is 0.333. The highest BCUT2D eigenvalue weighted by Crippen LogP contribution is 2.21. The summed E-state index contributed by atoms with van der Waals surface area (Å²) < 4.78 is 0. The summed E-state index contributed by atoms with van der Waals surface area (Å²) >= 11 is 0. The lowest BCUT2D eigenvalue weighted by atomic mass is 10.1. The Labute approximate surface area is 149 Å². The zero-order valence-corrected chi connectivity index (χ0v) is 15.4. The second-order valence-corrected chi connectivity index (χ2v) is 6.41. The minimum atomic E-state index is -0.0626. The fourth-order valence-corrected chi connectivity index (χ4v) is 2.91. The number of carbonyl (C=O) groups is 2. The Morgan fingerprint density at radius 3 is 2.36 bits per heavy atom. The number of anilines is 1. The molecule has 0 aliphatic rings. The van der Waals surface area contributed by atoms with E-state index in [9.17, 15) is 9.59 Å². The molecule has 0 spiro atoms. The lowest BCUT2D eigenvalue weighted by Gasteiger charge is -2.24. The predicted octanol–water partition coefficient (Wildman–Crippen LogP) is 3.92. The Bertz CT molecular complexity index is 741. The Balaban J connectivity index is 1.99. The van der Waals surface area contributed by atoms with Gasteiger partial charge in [0, 0.05) is 25.6 Å². The minimum absolute atomic E-state index is 0.0550. The van der Waals surface area contributed by atoms with Crippen molar-refractivity contribution in [3.63, 3.8) is 0 Å². The molecule has 0 saturated carbocycles. The molecule has 1 atom stereocenters. The van der Waals surface area contributed by atoms with Gasteiger partial charge in [-0.1, -0.05) is 48.0 Å². The number of benzene rings is 2. The van der Waals surface area contributed by atoms with Gasteiger partial charge < -0.3 is 10.2 Å². The quantitative estimate of drug-likeness (QED) is 0.868. The number of nitrogens with one attached hydrogen (secondary N) is 1. The summed E-state index contributed by atoms with van der Waals surface area (Å²) in [5, 5.41) is 2.99. The van der Waals surface area contributed by atoms with Crippen molar-refractivity contribution >= 4 is 17.5 Å². The van der Waals surface area contributed by atoms with Gasteiger partial charge in [0.05, 0.1) is 6.04 Å². The van der Waals surface area contributed by atoms with Gasteiger partial charge in [0.1, 0.15) is 0 Å². The van der Waals surface area contributed by atoms with E-state index < -0.39 is 0 Å². The van der Waals surface area contributed by atoms with E-state index in [2.05, 4.69) is 5.32 Å². The highest BCUT2D eigenvalue weighted by molar-refractivity contribution is 5.93. The van der Waals surface area contributed by atoms with Crippen molar-refractivity contribution < 1.29 is 9.59 Å². The van der Waals surface area contributed by atoms with E-state index in [-0.39, 0.29) is 24.3 Å². The van der Waals surface area contributed by atoms with Gasteiger partial charge in [-0.25, -0.2) is 0 Å². The molecule has 4 heteroatoms. The molecule has 25 heavy (non-hydrogen) atoms. The summed E-state index contributed by atoms with van der Waals surface area (Å²) in [6.45, 7) is 7.86. The molecule has 2 rings (SSSR count). The summed E-state index contributed by atoms with van der Waals surface area (Å²) in [6.07, 6.45) is 0.268. The molecule has 1 unspecified atom stereocenters. The molecule has 0 bridgehead atoms. The lowest BCUT2D eigenvalue weighted by Crippen LogP contribution is -2.35. The number of hydrogen-bond acceptors (Lipinski definition) is 2. The molecule has 0 aliphatic carbocycles. The number of nitrogens with zero attached hydrogens (tertiary/aromatic N) is 1. The van der Waals surface area contributed by atoms with Crippen molar-refractivity contribution in [2.75, 3.05) is 11.4 Å². The van der Waals surface area contributed by atoms with E-state index in [4.69, 9.17) is 0 Å². The zero-order valence-electron chi connectivity index (χ0n) is 15.4. The Hall–Kier alpha value is -2.62. The maximum Gasteiger partial charge on any atom is 0.223 e. The first kappa shape index (κ1) is 18.7. The third-order valence-electron chi connectivity index (χ3n) is 4.26. The van der Waals surface area contributed by atoms with Crippen LogP contribution in [0.5, 0.6) is 0 Å². The second kappa shape index (κ2) is 8.47. The van der Waals surface area contributed by atoms with Crippen molar-refractivity contribution in [3.05, 3.63) is 65.2 Å². The molecule has 0 aliphatic heterocycles. The van der Waals surface area contributed by atoms with Crippen LogP contribution in [-0.4, -0.2) is 18.4 Å². The van der Waals surface area contributed by atoms with Gasteiger partial charge in [0.25, 0.3) is 0 Å². The third-order valence-corrected chi connectivity index (χ3v) is 4.26. The Kier molecular flexibility index (Phi) is 6.34. The number of carbonyl (C=O) groups excluding carboxylic acids is 2. The first-order valence-corrected chi connectivity index (χ1v) is 8.58. The molecule has 0 fully saturated rings. The maximum absolute atomic E-state index is 12.3. The van der Waals surface area contributed by atoms with Crippen LogP contribution in [0, 0.1) is 13.8 Å². The first-order valence-electron chi connectivity index (χ1n) is 8.58.